The van der Waals surface area contributed by atoms with E-state index in [1.54, 1.807) is 0 Å². The van der Waals surface area contributed by atoms with Gasteiger partial charge in [-0.05, 0) is 49.4 Å². The van der Waals surface area contributed by atoms with Crippen molar-refractivity contribution in [2.75, 3.05) is 11.9 Å². The minimum atomic E-state index is 0.570. The number of nitrogens with one attached hydrogen (secondary N) is 1. The number of nitrogens with two attached hydrogens (primary N) is 1. The van der Waals surface area contributed by atoms with E-state index in [1.165, 1.54) is 49.8 Å². The lowest BCUT2D eigenvalue weighted by Crippen LogP contribution is -2.36. The first-order chi connectivity index (χ1) is 8.83. The molecule has 100 valence electrons. The van der Waals surface area contributed by atoms with Gasteiger partial charge in [-0.25, -0.2) is 0 Å². The van der Waals surface area contributed by atoms with E-state index in [2.05, 4.69) is 36.5 Å². The average molecular weight is 246 g/mol. The van der Waals surface area contributed by atoms with Gasteiger partial charge in [0.05, 0.1) is 0 Å². The molecule has 1 fully saturated rings. The van der Waals surface area contributed by atoms with Crippen LogP contribution in [0.15, 0.2) is 24.3 Å². The highest BCUT2D eigenvalue weighted by Crippen LogP contribution is 2.26. The molecule has 0 amide bonds. The lowest BCUT2D eigenvalue weighted by molar-refractivity contribution is 0.332. The van der Waals surface area contributed by atoms with Crippen molar-refractivity contribution in [1.29, 1.82) is 0 Å². The van der Waals surface area contributed by atoms with Crippen LogP contribution in [-0.2, 0) is 6.42 Å². The quantitative estimate of drug-likeness (QED) is 0.833. The normalized spacial score (nSPS) is 23.9. The van der Waals surface area contributed by atoms with Gasteiger partial charge in [0, 0.05) is 11.7 Å². The Morgan fingerprint density at radius 2 is 1.89 bits per heavy atom. The van der Waals surface area contributed by atoms with Gasteiger partial charge in [-0.3, -0.25) is 0 Å². The predicted molar refractivity (Wildman–Crippen MR) is 78.9 cm³/mol. The lowest BCUT2D eigenvalue weighted by Gasteiger charge is -2.32. The number of benzene rings is 1. The van der Waals surface area contributed by atoms with Gasteiger partial charge in [0.2, 0.25) is 0 Å². The standard InChI is InChI=1S/C16H26N2/c1-2-5-13-8-10-15(11-9-13)18-16-7-4-3-6-14(16)12-17/h8-11,14,16,18H,2-7,12,17H2,1H3. The fraction of sp³-hybridized carbons (Fsp3) is 0.625. The molecule has 1 saturated carbocycles. The highest BCUT2D eigenvalue weighted by atomic mass is 14.9. The summed E-state index contributed by atoms with van der Waals surface area (Å²) in [6.07, 6.45) is 7.61. The van der Waals surface area contributed by atoms with Gasteiger partial charge in [0.15, 0.2) is 0 Å². The van der Waals surface area contributed by atoms with Crippen molar-refractivity contribution in [1.82, 2.24) is 0 Å². The van der Waals surface area contributed by atoms with Crippen molar-refractivity contribution in [2.24, 2.45) is 11.7 Å². The smallest absolute Gasteiger partial charge is 0.0342 e. The van der Waals surface area contributed by atoms with Crippen LogP contribution in [0.25, 0.3) is 0 Å². The summed E-state index contributed by atoms with van der Waals surface area (Å²) >= 11 is 0. The number of hydrogen-bond acceptors (Lipinski definition) is 2. The second kappa shape index (κ2) is 6.79. The summed E-state index contributed by atoms with van der Waals surface area (Å²) in [6, 6.07) is 9.49. The van der Waals surface area contributed by atoms with Gasteiger partial charge in [-0.15, -0.1) is 0 Å². The highest BCUT2D eigenvalue weighted by Gasteiger charge is 2.23. The third kappa shape index (κ3) is 3.49. The molecule has 3 N–H and O–H groups in total. The molecule has 18 heavy (non-hydrogen) atoms. The predicted octanol–water partition coefficient (Wildman–Crippen LogP) is 3.57. The van der Waals surface area contributed by atoms with Crippen molar-refractivity contribution in [3.63, 3.8) is 0 Å². The Balaban J connectivity index is 1.95. The Morgan fingerprint density at radius 1 is 1.17 bits per heavy atom. The summed E-state index contributed by atoms with van der Waals surface area (Å²) in [5.74, 6) is 0.647. The Hall–Kier alpha value is -1.02. The first kappa shape index (κ1) is 13.4. The van der Waals surface area contributed by atoms with Crippen molar-refractivity contribution < 1.29 is 0 Å². The lowest BCUT2D eigenvalue weighted by atomic mass is 9.84. The zero-order valence-electron chi connectivity index (χ0n) is 11.5. The molecule has 2 atom stereocenters. The zero-order valence-corrected chi connectivity index (χ0v) is 11.5. The number of anilines is 1. The van der Waals surface area contributed by atoms with E-state index in [0.717, 1.165) is 6.54 Å². The third-order valence-corrected chi connectivity index (χ3v) is 4.06. The van der Waals surface area contributed by atoms with E-state index in [0.29, 0.717) is 12.0 Å². The maximum absolute atomic E-state index is 5.87. The molecule has 0 bridgehead atoms. The summed E-state index contributed by atoms with van der Waals surface area (Å²) < 4.78 is 0. The topological polar surface area (TPSA) is 38.0 Å². The van der Waals surface area contributed by atoms with Crippen LogP contribution in [-0.4, -0.2) is 12.6 Å². The molecule has 1 aromatic rings. The van der Waals surface area contributed by atoms with E-state index in [-0.39, 0.29) is 0 Å². The molecule has 0 radical (unpaired) electrons. The van der Waals surface area contributed by atoms with Gasteiger partial charge >= 0.3 is 0 Å². The molecule has 1 aliphatic rings. The molecule has 2 unspecified atom stereocenters. The molecular formula is C16H26N2. The molecule has 0 saturated heterocycles. The molecule has 2 rings (SSSR count). The van der Waals surface area contributed by atoms with Crippen LogP contribution in [0.1, 0.15) is 44.6 Å². The first-order valence-corrected chi connectivity index (χ1v) is 7.39. The third-order valence-electron chi connectivity index (χ3n) is 4.06. The zero-order chi connectivity index (χ0) is 12.8. The Morgan fingerprint density at radius 3 is 2.56 bits per heavy atom. The van der Waals surface area contributed by atoms with Crippen LogP contribution in [0.5, 0.6) is 0 Å². The average Bonchev–Trinajstić information content (AvgIpc) is 2.42. The van der Waals surface area contributed by atoms with Crippen LogP contribution in [0.2, 0.25) is 0 Å². The number of rotatable bonds is 5. The van der Waals surface area contributed by atoms with Gasteiger partial charge in [-0.1, -0.05) is 38.3 Å². The van der Waals surface area contributed by atoms with E-state index in [1.807, 2.05) is 0 Å². The molecule has 2 heteroatoms. The maximum Gasteiger partial charge on any atom is 0.0342 e. The van der Waals surface area contributed by atoms with Crippen LogP contribution in [0, 0.1) is 5.92 Å². The van der Waals surface area contributed by atoms with Crippen molar-refractivity contribution in [3.8, 4) is 0 Å². The molecule has 0 aromatic heterocycles. The second-order valence-corrected chi connectivity index (χ2v) is 5.48. The molecule has 1 aromatic carbocycles. The molecule has 0 spiro atoms. The summed E-state index contributed by atoms with van der Waals surface area (Å²) in [7, 11) is 0. The summed E-state index contributed by atoms with van der Waals surface area (Å²) in [4.78, 5) is 0. The van der Waals surface area contributed by atoms with Crippen molar-refractivity contribution in [3.05, 3.63) is 29.8 Å². The number of aryl methyl sites for hydroxylation is 1. The van der Waals surface area contributed by atoms with E-state index in [9.17, 15) is 0 Å². The maximum atomic E-state index is 5.87. The summed E-state index contributed by atoms with van der Waals surface area (Å²) in [5, 5.41) is 3.67. The second-order valence-electron chi connectivity index (χ2n) is 5.48. The van der Waals surface area contributed by atoms with E-state index >= 15 is 0 Å². The fourth-order valence-electron chi connectivity index (χ4n) is 2.95. The SMILES string of the molecule is CCCc1ccc(NC2CCCCC2CN)cc1. The van der Waals surface area contributed by atoms with Gasteiger partial charge in [0.25, 0.3) is 0 Å². The summed E-state index contributed by atoms with van der Waals surface area (Å²) in [5.41, 5.74) is 8.55. The van der Waals surface area contributed by atoms with Crippen molar-refractivity contribution in [2.45, 2.75) is 51.5 Å². The molecule has 1 aliphatic carbocycles. The van der Waals surface area contributed by atoms with Gasteiger partial charge in [-0.2, -0.15) is 0 Å². The minimum absolute atomic E-state index is 0.570. The highest BCUT2D eigenvalue weighted by molar-refractivity contribution is 5.45. The van der Waals surface area contributed by atoms with Crippen LogP contribution in [0.3, 0.4) is 0 Å². The van der Waals surface area contributed by atoms with Crippen molar-refractivity contribution >= 4 is 5.69 Å². The Labute approximate surface area is 111 Å². The molecule has 2 nitrogen and oxygen atoms in total. The van der Waals surface area contributed by atoms with Crippen LogP contribution >= 0.6 is 0 Å². The van der Waals surface area contributed by atoms with E-state index < -0.39 is 0 Å². The fourth-order valence-corrected chi connectivity index (χ4v) is 2.95. The monoisotopic (exact) mass is 246 g/mol. The Bertz CT molecular complexity index is 345. The van der Waals surface area contributed by atoms with Gasteiger partial charge in [0.1, 0.15) is 0 Å². The molecule has 0 aliphatic heterocycles. The van der Waals surface area contributed by atoms with Crippen LogP contribution in [0.4, 0.5) is 5.69 Å². The van der Waals surface area contributed by atoms with Crippen LogP contribution < -0.4 is 11.1 Å². The van der Waals surface area contributed by atoms with Gasteiger partial charge < -0.3 is 11.1 Å². The van der Waals surface area contributed by atoms with E-state index in [4.69, 9.17) is 5.73 Å². The minimum Gasteiger partial charge on any atom is -0.382 e. The Kier molecular flexibility index (Phi) is 5.06. The summed E-state index contributed by atoms with van der Waals surface area (Å²) in [6.45, 7) is 3.03. The first-order valence-electron chi connectivity index (χ1n) is 7.39. The number of hydrogen-bond donors (Lipinski definition) is 2. The molecular weight excluding hydrogens is 220 g/mol. The largest absolute Gasteiger partial charge is 0.382 e. The molecule has 0 heterocycles.